The van der Waals surface area contributed by atoms with E-state index in [2.05, 4.69) is 79.8 Å². The Balaban J connectivity index is 1.32. The molecule has 1 aliphatic carbocycles. The van der Waals surface area contributed by atoms with Gasteiger partial charge in [-0.2, -0.15) is 0 Å². The van der Waals surface area contributed by atoms with E-state index in [1.165, 1.54) is 23.5 Å². The lowest BCUT2D eigenvalue weighted by Crippen LogP contribution is -2.45. The van der Waals surface area contributed by atoms with E-state index < -0.39 is 0 Å². The van der Waals surface area contributed by atoms with Crippen molar-refractivity contribution in [2.24, 2.45) is 0 Å². The Hall–Kier alpha value is -3.29. The molecule has 2 aliphatic rings. The minimum Gasteiger partial charge on any atom is -0.355 e. The van der Waals surface area contributed by atoms with Gasteiger partial charge in [0, 0.05) is 57.9 Å². The minimum absolute atomic E-state index is 0.267. The second-order valence-electron chi connectivity index (χ2n) is 9.82. The number of imidazole rings is 1. The Morgan fingerprint density at radius 1 is 0.886 bits per heavy atom. The summed E-state index contributed by atoms with van der Waals surface area (Å²) in [6.07, 6.45) is 9.45. The smallest absolute Gasteiger partial charge is 0.138 e. The van der Waals surface area contributed by atoms with Crippen LogP contribution in [0.25, 0.3) is 5.65 Å². The highest BCUT2D eigenvalue weighted by Crippen LogP contribution is 2.34. The van der Waals surface area contributed by atoms with Gasteiger partial charge in [0.25, 0.3) is 0 Å². The molecule has 180 valence electrons. The van der Waals surface area contributed by atoms with Crippen LogP contribution in [0.2, 0.25) is 0 Å². The lowest BCUT2D eigenvalue weighted by Gasteiger charge is -2.34. The molecule has 6 rings (SSSR count). The van der Waals surface area contributed by atoms with Gasteiger partial charge in [0.2, 0.25) is 0 Å². The zero-order valence-corrected chi connectivity index (χ0v) is 20.4. The van der Waals surface area contributed by atoms with Crippen molar-refractivity contribution in [3.63, 3.8) is 0 Å². The number of aryl methyl sites for hydroxylation is 1. The Morgan fingerprint density at radius 3 is 2.60 bits per heavy atom. The van der Waals surface area contributed by atoms with Gasteiger partial charge in [-0.1, -0.05) is 18.2 Å². The summed E-state index contributed by atoms with van der Waals surface area (Å²) < 4.78 is 2.27. The quantitative estimate of drug-likeness (QED) is 0.428. The fourth-order valence-electron chi connectivity index (χ4n) is 5.54. The normalized spacial score (nSPS) is 18.8. The lowest BCUT2D eigenvalue weighted by molar-refractivity contribution is 0.153. The largest absolute Gasteiger partial charge is 0.355 e. The molecule has 0 aromatic carbocycles. The number of aromatic nitrogens is 4. The van der Waals surface area contributed by atoms with E-state index in [0.717, 1.165) is 69.1 Å². The molecule has 7 heteroatoms. The van der Waals surface area contributed by atoms with E-state index in [-0.39, 0.29) is 6.04 Å². The average molecular weight is 468 g/mol. The number of hydrogen-bond acceptors (Lipinski definition) is 6. The van der Waals surface area contributed by atoms with Crippen molar-refractivity contribution in [2.45, 2.75) is 38.4 Å². The summed E-state index contributed by atoms with van der Waals surface area (Å²) in [5.74, 6) is 1.23. The van der Waals surface area contributed by atoms with Crippen LogP contribution in [-0.4, -0.2) is 62.4 Å². The predicted octanol–water partition coefficient (Wildman–Crippen LogP) is 3.96. The molecule has 7 nitrogen and oxygen atoms in total. The maximum Gasteiger partial charge on any atom is 0.138 e. The molecule has 0 amide bonds. The second-order valence-corrected chi connectivity index (χ2v) is 9.82. The number of anilines is 1. The van der Waals surface area contributed by atoms with Crippen LogP contribution in [0.5, 0.6) is 0 Å². The number of hydrogen-bond donors (Lipinski definition) is 0. The maximum absolute atomic E-state index is 5.06. The summed E-state index contributed by atoms with van der Waals surface area (Å²) in [6, 6.07) is 17.2. The second kappa shape index (κ2) is 9.76. The van der Waals surface area contributed by atoms with Crippen molar-refractivity contribution >= 4 is 11.5 Å². The molecule has 1 aliphatic heterocycles. The first kappa shape index (κ1) is 22.2. The third-order valence-electron chi connectivity index (χ3n) is 7.41. The first-order valence-corrected chi connectivity index (χ1v) is 12.7. The van der Waals surface area contributed by atoms with Gasteiger partial charge < -0.3 is 9.80 Å². The summed E-state index contributed by atoms with van der Waals surface area (Å²) in [5, 5.41) is 0. The molecule has 0 N–H and O–H groups in total. The average Bonchev–Trinajstić information content (AvgIpc) is 3.32. The molecule has 5 heterocycles. The summed E-state index contributed by atoms with van der Waals surface area (Å²) in [4.78, 5) is 21.9. The number of likely N-dealkylation sites (N-methyl/N-ethyl adjacent to an activating group) is 1. The van der Waals surface area contributed by atoms with Crippen molar-refractivity contribution < 1.29 is 0 Å². The van der Waals surface area contributed by atoms with Gasteiger partial charge in [-0.3, -0.25) is 19.3 Å². The van der Waals surface area contributed by atoms with Crippen LogP contribution >= 0.6 is 0 Å². The summed E-state index contributed by atoms with van der Waals surface area (Å²) >= 11 is 0. The van der Waals surface area contributed by atoms with E-state index in [9.17, 15) is 0 Å². The van der Waals surface area contributed by atoms with E-state index in [0.29, 0.717) is 0 Å². The van der Waals surface area contributed by atoms with Gasteiger partial charge in [-0.15, -0.1) is 0 Å². The molecule has 4 aromatic rings. The van der Waals surface area contributed by atoms with Crippen molar-refractivity contribution in [3.8, 4) is 0 Å². The SMILES string of the molecule is CN1CCN(c2cccc3nc(CN(Cc4ccccn4)[C@H]4CCCc5cccnc54)cn23)CC1. The molecular weight excluding hydrogens is 434 g/mol. The number of nitrogens with zero attached hydrogens (tertiary/aromatic N) is 7. The fraction of sp³-hybridized carbons (Fsp3) is 0.393. The zero-order valence-electron chi connectivity index (χ0n) is 20.4. The summed E-state index contributed by atoms with van der Waals surface area (Å²) in [6.45, 7) is 5.80. The van der Waals surface area contributed by atoms with Gasteiger partial charge in [-0.25, -0.2) is 4.98 Å². The molecule has 0 spiro atoms. The van der Waals surface area contributed by atoms with Crippen molar-refractivity contribution in [1.82, 2.24) is 29.2 Å². The minimum atomic E-state index is 0.267. The van der Waals surface area contributed by atoms with E-state index >= 15 is 0 Å². The van der Waals surface area contributed by atoms with Crippen molar-refractivity contribution in [3.05, 3.63) is 89.8 Å². The molecule has 4 aromatic heterocycles. The third kappa shape index (κ3) is 4.66. The highest BCUT2D eigenvalue weighted by Gasteiger charge is 2.28. The van der Waals surface area contributed by atoms with Gasteiger partial charge in [-0.05, 0) is 62.2 Å². The third-order valence-corrected chi connectivity index (χ3v) is 7.41. The van der Waals surface area contributed by atoms with Gasteiger partial charge >= 0.3 is 0 Å². The molecule has 0 radical (unpaired) electrons. The van der Waals surface area contributed by atoms with Gasteiger partial charge in [0.1, 0.15) is 11.5 Å². The maximum atomic E-state index is 5.06. The van der Waals surface area contributed by atoms with E-state index in [1.807, 2.05) is 18.5 Å². The van der Waals surface area contributed by atoms with Gasteiger partial charge in [0.05, 0.1) is 23.1 Å². The molecule has 1 atom stereocenters. The van der Waals surface area contributed by atoms with Crippen LogP contribution in [0, 0.1) is 0 Å². The summed E-state index contributed by atoms with van der Waals surface area (Å²) in [7, 11) is 2.20. The Morgan fingerprint density at radius 2 is 1.74 bits per heavy atom. The van der Waals surface area contributed by atoms with E-state index in [1.54, 1.807) is 0 Å². The Labute approximate surface area is 207 Å². The van der Waals surface area contributed by atoms with Crippen LogP contribution in [0.1, 0.15) is 41.5 Å². The molecule has 0 saturated carbocycles. The van der Waals surface area contributed by atoms with Crippen molar-refractivity contribution in [1.29, 1.82) is 0 Å². The highest BCUT2D eigenvalue weighted by atomic mass is 15.3. The molecule has 1 fully saturated rings. The lowest BCUT2D eigenvalue weighted by atomic mass is 9.90. The Bertz CT molecular complexity index is 1280. The monoisotopic (exact) mass is 467 g/mol. The standard InChI is InChI=1S/C28H33N7/c1-32-15-17-33(18-16-32)27-12-5-11-26-31-24(21-35(26)27)20-34(19-23-9-2-3-13-29-23)25-10-4-7-22-8-6-14-30-28(22)25/h2-3,5-6,8-9,11-14,21,25H,4,7,10,15-20H2,1H3/t25-/m0/s1. The first-order chi connectivity index (χ1) is 17.2. The molecule has 0 unspecified atom stereocenters. The zero-order chi connectivity index (χ0) is 23.6. The highest BCUT2D eigenvalue weighted by molar-refractivity contribution is 5.53. The number of rotatable bonds is 6. The van der Waals surface area contributed by atoms with Crippen molar-refractivity contribution in [2.75, 3.05) is 38.1 Å². The molecule has 35 heavy (non-hydrogen) atoms. The van der Waals surface area contributed by atoms with Gasteiger partial charge in [0.15, 0.2) is 0 Å². The topological polar surface area (TPSA) is 52.8 Å². The molecule has 1 saturated heterocycles. The molecule has 0 bridgehead atoms. The first-order valence-electron chi connectivity index (χ1n) is 12.7. The summed E-state index contributed by atoms with van der Waals surface area (Å²) in [5.41, 5.74) is 5.78. The number of piperazine rings is 1. The van der Waals surface area contributed by atoms with Crippen LogP contribution < -0.4 is 4.90 Å². The van der Waals surface area contributed by atoms with E-state index in [4.69, 9.17) is 9.97 Å². The van der Waals surface area contributed by atoms with Crippen LogP contribution in [0.4, 0.5) is 5.82 Å². The predicted molar refractivity (Wildman–Crippen MR) is 138 cm³/mol. The fourth-order valence-corrected chi connectivity index (χ4v) is 5.54. The number of pyridine rings is 3. The Kier molecular flexibility index (Phi) is 6.19. The van der Waals surface area contributed by atoms with Crippen LogP contribution in [0.3, 0.4) is 0 Å². The van der Waals surface area contributed by atoms with Crippen LogP contribution in [-0.2, 0) is 19.5 Å². The molecular formula is C28H33N7. The number of fused-ring (bicyclic) bond motifs is 2. The van der Waals surface area contributed by atoms with Crippen LogP contribution in [0.15, 0.2) is 67.1 Å².